The molecule has 1 aromatic rings. The number of nitrogens with one attached hydrogen (secondary N) is 3. The Bertz CT molecular complexity index is 694. The Morgan fingerprint density at radius 2 is 1.81 bits per heavy atom. The number of hydrogen-bond acceptors (Lipinski definition) is 4. The quantitative estimate of drug-likeness (QED) is 0.753. The van der Waals surface area contributed by atoms with E-state index >= 15 is 0 Å². The molecule has 0 atom stereocenters. The van der Waals surface area contributed by atoms with Gasteiger partial charge in [0.05, 0.1) is 12.6 Å². The third kappa shape index (κ3) is 5.48. The predicted octanol–water partition coefficient (Wildman–Crippen LogP) is 3.43. The molecular formula is C20H28N4O2. The van der Waals surface area contributed by atoms with Crippen LogP contribution in [0.5, 0.6) is 0 Å². The zero-order valence-corrected chi connectivity index (χ0v) is 15.8. The molecule has 0 bridgehead atoms. The van der Waals surface area contributed by atoms with Crippen molar-refractivity contribution < 1.29 is 9.59 Å². The van der Waals surface area contributed by atoms with Crippen LogP contribution in [-0.2, 0) is 9.59 Å². The van der Waals surface area contributed by atoms with Crippen molar-refractivity contribution in [2.24, 2.45) is 5.41 Å². The lowest BCUT2D eigenvalue weighted by atomic mass is 9.83. The second kappa shape index (κ2) is 8.22. The van der Waals surface area contributed by atoms with Gasteiger partial charge in [0.15, 0.2) is 0 Å². The summed E-state index contributed by atoms with van der Waals surface area (Å²) in [6, 6.07) is 9.53. The molecule has 1 saturated carbocycles. The van der Waals surface area contributed by atoms with Crippen molar-refractivity contribution in [3.05, 3.63) is 24.3 Å². The van der Waals surface area contributed by atoms with Crippen LogP contribution in [0.1, 0.15) is 52.9 Å². The smallest absolute Gasteiger partial charge is 0.240 e. The summed E-state index contributed by atoms with van der Waals surface area (Å²) in [6.45, 7) is 5.64. The first kappa shape index (κ1) is 19.8. The molecule has 26 heavy (non-hydrogen) atoms. The van der Waals surface area contributed by atoms with Gasteiger partial charge in [-0.1, -0.05) is 46.1 Å². The van der Waals surface area contributed by atoms with Crippen molar-refractivity contribution in [3.63, 3.8) is 0 Å². The Hall–Kier alpha value is -2.55. The molecule has 0 unspecified atom stereocenters. The molecule has 0 spiro atoms. The van der Waals surface area contributed by atoms with Crippen molar-refractivity contribution in [2.75, 3.05) is 17.2 Å². The molecule has 1 aliphatic carbocycles. The van der Waals surface area contributed by atoms with Crippen LogP contribution in [-0.4, -0.2) is 23.9 Å². The van der Waals surface area contributed by atoms with Crippen molar-refractivity contribution in [2.45, 2.75) is 58.4 Å². The number of carbonyl (C=O) groups excluding carboxylic acids is 2. The van der Waals surface area contributed by atoms with Crippen molar-refractivity contribution in [1.82, 2.24) is 5.32 Å². The van der Waals surface area contributed by atoms with Gasteiger partial charge in [-0.15, -0.1) is 0 Å². The minimum atomic E-state index is -0.723. The first-order valence-electron chi connectivity index (χ1n) is 9.12. The first-order valence-corrected chi connectivity index (χ1v) is 9.12. The van der Waals surface area contributed by atoms with E-state index in [0.29, 0.717) is 18.5 Å². The molecule has 1 fully saturated rings. The number of hydrogen-bond donors (Lipinski definition) is 3. The van der Waals surface area contributed by atoms with E-state index in [1.165, 1.54) is 0 Å². The summed E-state index contributed by atoms with van der Waals surface area (Å²) in [6.07, 6.45) is 4.48. The van der Waals surface area contributed by atoms with Crippen LogP contribution in [0, 0.1) is 16.7 Å². The van der Waals surface area contributed by atoms with Crippen molar-refractivity contribution >= 4 is 23.2 Å². The van der Waals surface area contributed by atoms with E-state index in [1.807, 2.05) is 39.0 Å². The lowest BCUT2D eigenvalue weighted by Gasteiger charge is -2.31. The van der Waals surface area contributed by atoms with E-state index in [-0.39, 0.29) is 18.4 Å². The molecule has 2 rings (SSSR count). The number of nitrogens with zero attached hydrogens (tertiary/aromatic N) is 1. The Morgan fingerprint density at radius 3 is 2.42 bits per heavy atom. The van der Waals surface area contributed by atoms with Gasteiger partial charge >= 0.3 is 0 Å². The van der Waals surface area contributed by atoms with E-state index in [9.17, 15) is 14.9 Å². The highest BCUT2D eigenvalue weighted by molar-refractivity contribution is 5.95. The third-order valence-corrected chi connectivity index (χ3v) is 4.55. The summed E-state index contributed by atoms with van der Waals surface area (Å²) in [5, 5.41) is 18.2. The summed E-state index contributed by atoms with van der Waals surface area (Å²) in [7, 11) is 0. The second-order valence-corrected chi connectivity index (χ2v) is 7.94. The van der Waals surface area contributed by atoms with E-state index in [1.54, 1.807) is 6.07 Å². The predicted molar refractivity (Wildman–Crippen MR) is 103 cm³/mol. The maximum absolute atomic E-state index is 12.2. The fourth-order valence-corrected chi connectivity index (χ4v) is 2.94. The average molecular weight is 356 g/mol. The van der Waals surface area contributed by atoms with Crippen LogP contribution in [0.3, 0.4) is 0 Å². The molecule has 1 aromatic carbocycles. The summed E-state index contributed by atoms with van der Waals surface area (Å²) >= 11 is 0. The zero-order valence-electron chi connectivity index (χ0n) is 15.8. The lowest BCUT2D eigenvalue weighted by Crippen LogP contribution is -2.50. The van der Waals surface area contributed by atoms with Gasteiger partial charge in [0.25, 0.3) is 0 Å². The molecule has 0 aliphatic heterocycles. The Morgan fingerprint density at radius 1 is 1.15 bits per heavy atom. The van der Waals surface area contributed by atoms with Gasteiger partial charge in [-0.25, -0.2) is 0 Å². The third-order valence-electron chi connectivity index (χ3n) is 4.55. The van der Waals surface area contributed by atoms with Gasteiger partial charge in [-0.3, -0.25) is 9.59 Å². The van der Waals surface area contributed by atoms with E-state index < -0.39 is 11.0 Å². The molecule has 140 valence electrons. The monoisotopic (exact) mass is 356 g/mol. The standard InChI is InChI=1S/C20H28N4O2/c1-19(2,3)18(26)23-16-9-7-8-15(12-16)22-13-17(25)24-20(14-21)10-5-4-6-11-20/h7-9,12,22H,4-6,10-11,13H2,1-3H3,(H,23,26)(H,24,25). The van der Waals surface area contributed by atoms with Gasteiger partial charge < -0.3 is 16.0 Å². The fraction of sp³-hybridized carbons (Fsp3) is 0.550. The normalized spacial score (nSPS) is 16.2. The number of anilines is 2. The molecule has 0 saturated heterocycles. The highest BCUT2D eigenvalue weighted by Crippen LogP contribution is 2.27. The van der Waals surface area contributed by atoms with E-state index in [0.717, 1.165) is 24.9 Å². The molecule has 1 aliphatic rings. The van der Waals surface area contributed by atoms with Gasteiger partial charge in [-0.2, -0.15) is 5.26 Å². The van der Waals surface area contributed by atoms with E-state index in [4.69, 9.17) is 0 Å². The summed E-state index contributed by atoms with van der Waals surface area (Å²) in [5.41, 5.74) is 0.215. The maximum Gasteiger partial charge on any atom is 0.240 e. The highest BCUT2D eigenvalue weighted by Gasteiger charge is 2.33. The number of nitriles is 1. The molecule has 0 heterocycles. The van der Waals surface area contributed by atoms with Crippen molar-refractivity contribution in [1.29, 1.82) is 5.26 Å². The Balaban J connectivity index is 1.91. The number of benzene rings is 1. The Kier molecular flexibility index (Phi) is 6.25. The molecular weight excluding hydrogens is 328 g/mol. The molecule has 0 radical (unpaired) electrons. The minimum Gasteiger partial charge on any atom is -0.376 e. The first-order chi connectivity index (χ1) is 12.2. The summed E-state index contributed by atoms with van der Waals surface area (Å²) < 4.78 is 0. The van der Waals surface area contributed by atoms with Crippen molar-refractivity contribution in [3.8, 4) is 6.07 Å². The summed E-state index contributed by atoms with van der Waals surface area (Å²) in [5.74, 6) is -0.266. The number of rotatable bonds is 5. The van der Waals surface area contributed by atoms with Crippen LogP contribution in [0.4, 0.5) is 11.4 Å². The van der Waals surface area contributed by atoms with Crippen LogP contribution >= 0.6 is 0 Å². The van der Waals surface area contributed by atoms with Gasteiger partial charge in [0.1, 0.15) is 5.54 Å². The number of carbonyl (C=O) groups is 2. The zero-order chi connectivity index (χ0) is 19.2. The number of amides is 2. The van der Waals surface area contributed by atoms with Crippen LogP contribution in [0.2, 0.25) is 0 Å². The van der Waals surface area contributed by atoms with Gasteiger partial charge in [0, 0.05) is 16.8 Å². The Labute approximate surface area is 155 Å². The van der Waals surface area contributed by atoms with Gasteiger partial charge in [0.2, 0.25) is 11.8 Å². The SMILES string of the molecule is CC(C)(C)C(=O)Nc1cccc(NCC(=O)NC2(C#N)CCCCC2)c1. The maximum atomic E-state index is 12.2. The van der Waals surface area contributed by atoms with Crippen LogP contribution in [0.15, 0.2) is 24.3 Å². The average Bonchev–Trinajstić information content (AvgIpc) is 2.60. The van der Waals surface area contributed by atoms with Crippen LogP contribution < -0.4 is 16.0 Å². The lowest BCUT2D eigenvalue weighted by molar-refractivity contribution is -0.123. The molecule has 6 heteroatoms. The minimum absolute atomic E-state index is 0.0688. The summed E-state index contributed by atoms with van der Waals surface area (Å²) in [4.78, 5) is 24.3. The molecule has 3 N–H and O–H groups in total. The molecule has 6 nitrogen and oxygen atoms in total. The topological polar surface area (TPSA) is 94.0 Å². The molecule has 2 amide bonds. The van der Waals surface area contributed by atoms with Gasteiger partial charge in [-0.05, 0) is 31.0 Å². The largest absolute Gasteiger partial charge is 0.376 e. The van der Waals surface area contributed by atoms with E-state index in [2.05, 4.69) is 22.0 Å². The molecule has 0 aromatic heterocycles. The van der Waals surface area contributed by atoms with Crippen LogP contribution in [0.25, 0.3) is 0 Å². The highest BCUT2D eigenvalue weighted by atomic mass is 16.2. The fourth-order valence-electron chi connectivity index (χ4n) is 2.94. The second-order valence-electron chi connectivity index (χ2n) is 7.94.